The van der Waals surface area contributed by atoms with Crippen molar-refractivity contribution in [3.05, 3.63) is 0 Å². The summed E-state index contributed by atoms with van der Waals surface area (Å²) in [6.45, 7) is 8.25. The second-order valence-corrected chi connectivity index (χ2v) is 11.4. The van der Waals surface area contributed by atoms with Gasteiger partial charge in [-0.2, -0.15) is 11.8 Å². The largest absolute Gasteiger partial charge is 0.480 e. The minimum atomic E-state index is -1.21. The summed E-state index contributed by atoms with van der Waals surface area (Å²) in [4.78, 5) is 60.4. The van der Waals surface area contributed by atoms with Gasteiger partial charge in [0.2, 0.25) is 5.91 Å². The number of thioether (sulfide) groups is 1. The fourth-order valence-electron chi connectivity index (χ4n) is 2.41. The predicted molar refractivity (Wildman–Crippen MR) is 177 cm³/mol. The number of nitrogens with two attached hydrogens (primary N) is 7. The van der Waals surface area contributed by atoms with Crippen LogP contribution in [-0.4, -0.2) is 110 Å². The maximum Gasteiger partial charge on any atom is 0.321 e. The highest BCUT2D eigenvalue weighted by Gasteiger charge is 2.17. The monoisotopic (exact) mass is 689 g/mol. The minimum Gasteiger partial charge on any atom is -0.480 e. The summed E-state index contributed by atoms with van der Waals surface area (Å²) < 4.78 is 0. The zero-order valence-electron chi connectivity index (χ0n) is 27.5. The van der Waals surface area contributed by atoms with Crippen LogP contribution in [0.2, 0.25) is 0 Å². The van der Waals surface area contributed by atoms with E-state index >= 15 is 0 Å². The van der Waals surface area contributed by atoms with Crippen LogP contribution in [0.3, 0.4) is 0 Å². The van der Waals surface area contributed by atoms with Crippen LogP contribution >= 0.6 is 11.8 Å². The van der Waals surface area contributed by atoms with Crippen molar-refractivity contribution in [1.82, 2.24) is 0 Å². The molecule has 18 nitrogen and oxygen atoms in total. The number of carboxylic acids is 5. The standard InChI is InChI=1S/C6H14N2O2.2C6H13NO2.C5H11NO2S.C4H8N2O3/c7-4-2-1-3-5(8)6(9)10;1-4(2)3-5(7)6(8)9;1-3-4(2)5(7)6(8)9;1-9-3-2-4(6)5(7)8;5-2(4(8)9)1-3(6)7/h5H,1-4,7-8H2,(H,9,10);2*4-5H,3,7H2,1-2H3,(H,8,9);4H,2-3,6H2,1H3,(H,7,8);2H,1,5H2,(H2,6,7)(H,8,9). The molecule has 0 spiro atoms. The molecule has 0 saturated heterocycles. The van der Waals surface area contributed by atoms with Crippen LogP contribution in [0.4, 0.5) is 0 Å². The van der Waals surface area contributed by atoms with Crippen LogP contribution in [0.1, 0.15) is 72.6 Å². The highest BCUT2D eigenvalue weighted by molar-refractivity contribution is 7.98. The average molecular weight is 690 g/mol. The van der Waals surface area contributed by atoms with Crippen molar-refractivity contribution in [2.75, 3.05) is 18.6 Å². The number of carbonyl (C=O) groups is 6. The van der Waals surface area contributed by atoms with E-state index in [9.17, 15) is 28.8 Å². The Balaban J connectivity index is -0.000000152. The molecule has 0 aliphatic carbocycles. The van der Waals surface area contributed by atoms with E-state index in [-0.39, 0.29) is 12.3 Å². The molecule has 0 bridgehead atoms. The van der Waals surface area contributed by atoms with Crippen LogP contribution in [0, 0.1) is 11.8 Å². The number of rotatable bonds is 18. The third kappa shape index (κ3) is 40.9. The van der Waals surface area contributed by atoms with Gasteiger partial charge >= 0.3 is 29.8 Å². The lowest BCUT2D eigenvalue weighted by Crippen LogP contribution is -2.36. The SMILES string of the molecule is CC(C)CC(N)C(=O)O.CCC(C)C(N)C(=O)O.CSCCC(N)C(=O)O.NC(=O)CC(N)C(=O)O.NCCCCC(N)C(=O)O. The van der Waals surface area contributed by atoms with E-state index in [1.165, 1.54) is 0 Å². The first-order valence-corrected chi connectivity index (χ1v) is 15.8. The van der Waals surface area contributed by atoms with Crippen LogP contribution in [-0.2, 0) is 28.8 Å². The van der Waals surface area contributed by atoms with Gasteiger partial charge in [-0.25, -0.2) is 0 Å². The molecule has 6 unspecified atom stereocenters. The molecule has 0 heterocycles. The Hall–Kier alpha value is -3.07. The molecule has 0 aliphatic rings. The highest BCUT2D eigenvalue weighted by atomic mass is 32.2. The van der Waals surface area contributed by atoms with Gasteiger partial charge in [-0.1, -0.05) is 40.5 Å². The van der Waals surface area contributed by atoms with Crippen LogP contribution < -0.4 is 40.1 Å². The lowest BCUT2D eigenvalue weighted by Gasteiger charge is -2.11. The molecule has 6 atom stereocenters. The van der Waals surface area contributed by atoms with E-state index in [0.717, 1.165) is 25.0 Å². The van der Waals surface area contributed by atoms with Crippen molar-refractivity contribution >= 4 is 47.5 Å². The van der Waals surface area contributed by atoms with E-state index in [4.69, 9.17) is 59.9 Å². The highest BCUT2D eigenvalue weighted by Crippen LogP contribution is 2.04. The lowest BCUT2D eigenvalue weighted by atomic mass is 10.0. The Bertz CT molecular complexity index is 855. The topological polar surface area (TPSA) is 386 Å². The molecule has 0 saturated carbocycles. The van der Waals surface area contributed by atoms with Crippen LogP contribution in [0.25, 0.3) is 0 Å². The molecule has 46 heavy (non-hydrogen) atoms. The Morgan fingerprint density at radius 1 is 0.652 bits per heavy atom. The van der Waals surface area contributed by atoms with Gasteiger partial charge in [0.15, 0.2) is 0 Å². The summed E-state index contributed by atoms with van der Waals surface area (Å²) in [6.07, 6.45) is 5.70. The number of carbonyl (C=O) groups excluding carboxylic acids is 1. The van der Waals surface area contributed by atoms with Crippen molar-refractivity contribution in [1.29, 1.82) is 0 Å². The van der Waals surface area contributed by atoms with Crippen molar-refractivity contribution in [2.45, 2.75) is 103 Å². The molecule has 0 aliphatic heterocycles. The molecule has 0 aromatic carbocycles. The molecule has 19 heteroatoms. The average Bonchev–Trinajstić information content (AvgIpc) is 2.95. The third-order valence-electron chi connectivity index (χ3n) is 5.56. The van der Waals surface area contributed by atoms with Crippen molar-refractivity contribution in [3.8, 4) is 0 Å². The molecule has 0 aromatic rings. The number of hydrogen-bond donors (Lipinski definition) is 12. The van der Waals surface area contributed by atoms with E-state index in [2.05, 4.69) is 5.73 Å². The maximum atomic E-state index is 10.2. The molecule has 274 valence electrons. The number of carboxylic acid groups (broad SMARTS) is 5. The number of hydrogen-bond acceptors (Lipinski definition) is 13. The predicted octanol–water partition coefficient (Wildman–Crippen LogP) is -1.16. The molecule has 0 aromatic heterocycles. The van der Waals surface area contributed by atoms with E-state index < -0.39 is 66.0 Å². The van der Waals surface area contributed by atoms with Crippen LogP contribution in [0.15, 0.2) is 0 Å². The first kappa shape index (κ1) is 52.5. The lowest BCUT2D eigenvalue weighted by molar-refractivity contribution is -0.140. The summed E-state index contributed by atoms with van der Waals surface area (Å²) >= 11 is 1.60. The number of amides is 1. The van der Waals surface area contributed by atoms with Crippen molar-refractivity contribution < 1.29 is 54.3 Å². The van der Waals surface area contributed by atoms with Crippen molar-refractivity contribution in [2.24, 2.45) is 52.0 Å². The normalized spacial score (nSPS) is 13.8. The minimum absolute atomic E-state index is 0.0718. The molecule has 1 amide bonds. The zero-order valence-corrected chi connectivity index (χ0v) is 28.4. The molecule has 19 N–H and O–H groups in total. The van der Waals surface area contributed by atoms with Gasteiger partial charge in [0, 0.05) is 0 Å². The molecular weight excluding hydrogens is 630 g/mol. The molecule has 0 radical (unpaired) electrons. The number of unbranched alkanes of at least 4 members (excludes halogenated alkanes) is 1. The number of aliphatic carboxylic acids is 5. The van der Waals surface area contributed by atoms with Crippen LogP contribution in [0.5, 0.6) is 0 Å². The summed E-state index contributed by atoms with van der Waals surface area (Å²) in [6, 6.07) is -3.95. The second kappa shape index (κ2) is 33.3. The third-order valence-corrected chi connectivity index (χ3v) is 6.20. The number of primary amides is 1. The smallest absolute Gasteiger partial charge is 0.321 e. The Labute approximate surface area is 275 Å². The van der Waals surface area contributed by atoms with Gasteiger partial charge in [0.1, 0.15) is 30.2 Å². The Morgan fingerprint density at radius 2 is 1.07 bits per heavy atom. The fraction of sp³-hybridized carbons (Fsp3) is 0.778. The zero-order chi connectivity index (χ0) is 37.6. The van der Waals surface area contributed by atoms with Gasteiger partial charge in [-0.15, -0.1) is 0 Å². The molecular formula is C27H59N7O11S. The van der Waals surface area contributed by atoms with E-state index in [1.807, 2.05) is 34.0 Å². The first-order chi connectivity index (χ1) is 21.0. The van der Waals surface area contributed by atoms with Gasteiger partial charge in [-0.3, -0.25) is 28.8 Å². The quantitative estimate of drug-likeness (QED) is 0.0755. The van der Waals surface area contributed by atoms with Gasteiger partial charge < -0.3 is 65.7 Å². The Morgan fingerprint density at radius 3 is 1.28 bits per heavy atom. The van der Waals surface area contributed by atoms with Gasteiger partial charge in [0.05, 0.1) is 6.42 Å². The summed E-state index contributed by atoms with van der Waals surface area (Å²) in [7, 11) is 0. The maximum absolute atomic E-state index is 10.2. The van der Waals surface area contributed by atoms with E-state index in [0.29, 0.717) is 31.7 Å². The second-order valence-electron chi connectivity index (χ2n) is 10.4. The first-order valence-electron chi connectivity index (χ1n) is 14.4. The fourth-order valence-corrected chi connectivity index (χ4v) is 2.90. The van der Waals surface area contributed by atoms with Gasteiger partial charge in [0.25, 0.3) is 0 Å². The summed E-state index contributed by atoms with van der Waals surface area (Å²) in [5.41, 5.74) is 35.7. The van der Waals surface area contributed by atoms with Crippen molar-refractivity contribution in [3.63, 3.8) is 0 Å². The van der Waals surface area contributed by atoms with E-state index in [1.54, 1.807) is 11.8 Å². The summed E-state index contributed by atoms with van der Waals surface area (Å²) in [5.74, 6) is -4.35. The molecule has 0 fully saturated rings. The molecule has 0 rings (SSSR count). The van der Waals surface area contributed by atoms with Gasteiger partial charge in [-0.05, 0) is 56.1 Å². The Kier molecular flexibility index (Phi) is 38.0. The summed E-state index contributed by atoms with van der Waals surface area (Å²) in [5, 5.41) is 41.4.